The van der Waals surface area contributed by atoms with Crippen molar-refractivity contribution in [2.75, 3.05) is 19.6 Å². The van der Waals surface area contributed by atoms with Gasteiger partial charge in [0.25, 0.3) is 5.91 Å². The van der Waals surface area contributed by atoms with E-state index >= 15 is 0 Å². The number of likely N-dealkylation sites (tertiary alicyclic amines) is 1. The van der Waals surface area contributed by atoms with Crippen LogP contribution in [-0.2, 0) is 11.8 Å². The van der Waals surface area contributed by atoms with Gasteiger partial charge in [-0.15, -0.1) is 4.68 Å². The molecule has 0 bridgehead atoms. The molecule has 28 heavy (non-hydrogen) atoms. The van der Waals surface area contributed by atoms with Crippen molar-refractivity contribution in [3.05, 3.63) is 21.9 Å². The first-order chi connectivity index (χ1) is 13.4. The van der Waals surface area contributed by atoms with Gasteiger partial charge in [0, 0.05) is 19.1 Å². The van der Waals surface area contributed by atoms with Crippen molar-refractivity contribution in [2.45, 2.75) is 56.6 Å². The van der Waals surface area contributed by atoms with Gasteiger partial charge in [0.15, 0.2) is 5.56 Å². The number of amides is 2. The van der Waals surface area contributed by atoms with Crippen LogP contribution in [0.3, 0.4) is 0 Å². The maximum Gasteiger partial charge on any atom is 0.410 e. The van der Waals surface area contributed by atoms with Gasteiger partial charge >= 0.3 is 11.9 Å². The van der Waals surface area contributed by atoms with Crippen LogP contribution in [0.4, 0.5) is 10.6 Å². The first kappa shape index (κ1) is 18.7. The molecule has 1 aliphatic carbocycles. The lowest BCUT2D eigenvalue weighted by Crippen LogP contribution is -2.48. The summed E-state index contributed by atoms with van der Waals surface area (Å²) in [7, 11) is 1.45. The number of hydrogen-bond acceptors (Lipinski definition) is 6. The molecule has 3 aliphatic rings. The summed E-state index contributed by atoms with van der Waals surface area (Å²) in [5.41, 5.74) is -0.314. The molecule has 0 aromatic carbocycles. The van der Waals surface area contributed by atoms with E-state index in [1.165, 1.54) is 19.7 Å². The van der Waals surface area contributed by atoms with Crippen LogP contribution in [0.15, 0.2) is 6.20 Å². The lowest BCUT2D eigenvalue weighted by molar-refractivity contribution is -0.392. The number of piperidine rings is 1. The maximum atomic E-state index is 12.7. The predicted octanol–water partition coefficient (Wildman–Crippen LogP) is 2.09. The Morgan fingerprint density at radius 2 is 1.96 bits per heavy atom. The summed E-state index contributed by atoms with van der Waals surface area (Å²) in [5, 5.41) is 15.1. The summed E-state index contributed by atoms with van der Waals surface area (Å²) in [6.45, 7) is 1.54. The number of carbonyl (C=O) groups excluding carboxylic acids is 2. The zero-order valence-electron chi connectivity index (χ0n) is 16.0. The summed E-state index contributed by atoms with van der Waals surface area (Å²) in [5.74, 6) is -0.680. The lowest BCUT2D eigenvalue weighted by Gasteiger charge is -2.36. The Kier molecular flexibility index (Phi) is 4.72. The van der Waals surface area contributed by atoms with E-state index in [0.29, 0.717) is 32.5 Å². The van der Waals surface area contributed by atoms with E-state index in [9.17, 15) is 19.7 Å². The number of rotatable bonds is 3. The summed E-state index contributed by atoms with van der Waals surface area (Å²) in [6.07, 6.45) is 7.53. The minimum atomic E-state index is -0.586. The second-order valence-electron chi connectivity index (χ2n) is 8.03. The molecule has 152 valence electrons. The third kappa shape index (κ3) is 3.20. The van der Waals surface area contributed by atoms with E-state index in [0.717, 1.165) is 30.4 Å². The molecule has 1 aromatic heterocycles. The van der Waals surface area contributed by atoms with Gasteiger partial charge in [-0.2, -0.15) is 0 Å². The zero-order valence-corrected chi connectivity index (χ0v) is 16.0. The summed E-state index contributed by atoms with van der Waals surface area (Å²) >= 11 is 0. The molecule has 1 spiro atoms. The van der Waals surface area contributed by atoms with Crippen LogP contribution in [0.5, 0.6) is 0 Å². The van der Waals surface area contributed by atoms with E-state index in [1.54, 1.807) is 4.90 Å². The van der Waals surface area contributed by atoms with Crippen molar-refractivity contribution in [3.8, 4) is 0 Å². The van der Waals surface area contributed by atoms with Crippen LogP contribution in [0, 0.1) is 10.1 Å². The van der Waals surface area contributed by atoms with Crippen molar-refractivity contribution in [1.82, 2.24) is 19.6 Å². The highest BCUT2D eigenvalue weighted by molar-refractivity contribution is 5.97. The lowest BCUT2D eigenvalue weighted by atomic mass is 9.84. The van der Waals surface area contributed by atoms with E-state index in [-0.39, 0.29) is 35.0 Å². The van der Waals surface area contributed by atoms with Gasteiger partial charge in [0.05, 0.1) is 12.7 Å². The fourth-order valence-electron chi connectivity index (χ4n) is 4.73. The molecule has 10 nitrogen and oxygen atoms in total. The van der Waals surface area contributed by atoms with E-state index < -0.39 is 4.92 Å². The van der Waals surface area contributed by atoms with Crippen molar-refractivity contribution in [2.24, 2.45) is 7.05 Å². The topological polar surface area (TPSA) is 111 Å². The van der Waals surface area contributed by atoms with E-state index in [2.05, 4.69) is 5.10 Å². The number of aromatic nitrogens is 2. The highest BCUT2D eigenvalue weighted by Crippen LogP contribution is 2.38. The first-order valence-electron chi connectivity index (χ1n) is 9.85. The minimum Gasteiger partial charge on any atom is -0.441 e. The zero-order chi connectivity index (χ0) is 19.9. The molecule has 2 amide bonds. The second-order valence-corrected chi connectivity index (χ2v) is 8.03. The third-order valence-electron chi connectivity index (χ3n) is 6.26. The van der Waals surface area contributed by atoms with Crippen molar-refractivity contribution in [3.63, 3.8) is 0 Å². The number of ether oxygens (including phenoxy) is 1. The molecule has 1 aromatic rings. The molecule has 2 aliphatic heterocycles. The molecule has 0 unspecified atom stereocenters. The van der Waals surface area contributed by atoms with Gasteiger partial charge in [-0.05, 0) is 43.4 Å². The van der Waals surface area contributed by atoms with Gasteiger partial charge in [0.2, 0.25) is 0 Å². The van der Waals surface area contributed by atoms with E-state index in [4.69, 9.17) is 4.74 Å². The van der Waals surface area contributed by atoms with Gasteiger partial charge in [-0.3, -0.25) is 4.79 Å². The summed E-state index contributed by atoms with van der Waals surface area (Å²) in [4.78, 5) is 39.3. The number of carbonyl (C=O) groups is 2. The Morgan fingerprint density at radius 1 is 1.29 bits per heavy atom. The molecule has 0 N–H and O–H groups in total. The number of hydrogen-bond donors (Lipinski definition) is 0. The highest BCUT2D eigenvalue weighted by atomic mass is 16.6. The molecule has 2 saturated heterocycles. The minimum absolute atomic E-state index is 0.00712. The van der Waals surface area contributed by atoms with Crippen molar-refractivity contribution in [1.29, 1.82) is 0 Å². The monoisotopic (exact) mass is 391 g/mol. The normalized spacial score (nSPS) is 22.5. The summed E-state index contributed by atoms with van der Waals surface area (Å²) < 4.78 is 6.87. The van der Waals surface area contributed by atoms with Gasteiger partial charge < -0.3 is 24.7 Å². The number of aryl methyl sites for hydroxylation is 1. The maximum absolute atomic E-state index is 12.7. The second kappa shape index (κ2) is 7.06. The molecule has 1 saturated carbocycles. The van der Waals surface area contributed by atoms with Crippen LogP contribution in [0.2, 0.25) is 0 Å². The van der Waals surface area contributed by atoms with Crippen LogP contribution in [0.25, 0.3) is 0 Å². The quantitative estimate of drug-likeness (QED) is 0.576. The summed E-state index contributed by atoms with van der Waals surface area (Å²) in [6, 6.07) is 0.0433. The Bertz CT molecular complexity index is 792. The fourth-order valence-corrected chi connectivity index (χ4v) is 4.73. The molecule has 0 atom stereocenters. The SMILES string of the molecule is Cn1ncc(C(=O)N2CCC(N3CC4(CCCCC4)OC3=O)CC2)c1[N+](=O)[O-]. The Labute approximate surface area is 162 Å². The van der Waals surface area contributed by atoms with Crippen molar-refractivity contribution < 1.29 is 19.2 Å². The van der Waals surface area contributed by atoms with E-state index in [1.807, 2.05) is 4.90 Å². The average Bonchev–Trinajstić information content (AvgIpc) is 3.22. The Balaban J connectivity index is 1.39. The van der Waals surface area contributed by atoms with Crippen molar-refractivity contribution >= 4 is 17.8 Å². The molecule has 4 rings (SSSR count). The van der Waals surface area contributed by atoms with Crippen LogP contribution in [0.1, 0.15) is 55.3 Å². The number of nitro groups is 1. The molecule has 10 heteroatoms. The average molecular weight is 391 g/mol. The van der Waals surface area contributed by atoms with Crippen LogP contribution >= 0.6 is 0 Å². The van der Waals surface area contributed by atoms with Crippen LogP contribution in [-0.4, -0.2) is 67.8 Å². The van der Waals surface area contributed by atoms with Gasteiger partial charge in [-0.25, -0.2) is 4.79 Å². The number of nitrogens with zero attached hydrogens (tertiary/aromatic N) is 5. The standard InChI is InChI=1S/C18H25N5O5/c1-20-15(23(26)27)14(11-19-20)16(24)21-9-5-13(6-10-21)22-12-18(28-17(22)25)7-3-2-4-8-18/h11,13H,2-10,12H2,1H3. The highest BCUT2D eigenvalue weighted by Gasteiger charge is 2.48. The Hall–Kier alpha value is -2.65. The molecule has 3 fully saturated rings. The predicted molar refractivity (Wildman–Crippen MR) is 97.8 cm³/mol. The first-order valence-corrected chi connectivity index (χ1v) is 9.85. The largest absolute Gasteiger partial charge is 0.441 e. The molecular formula is C18H25N5O5. The van der Waals surface area contributed by atoms with Gasteiger partial charge in [-0.1, -0.05) is 11.5 Å². The molecular weight excluding hydrogens is 366 g/mol. The smallest absolute Gasteiger partial charge is 0.410 e. The molecule has 0 radical (unpaired) electrons. The van der Waals surface area contributed by atoms with Gasteiger partial charge in [0.1, 0.15) is 12.6 Å². The third-order valence-corrected chi connectivity index (χ3v) is 6.26. The fraction of sp³-hybridized carbons (Fsp3) is 0.722. The molecule has 3 heterocycles. The Morgan fingerprint density at radius 3 is 2.61 bits per heavy atom. The van der Waals surface area contributed by atoms with Crippen LogP contribution < -0.4 is 0 Å².